The van der Waals surface area contributed by atoms with E-state index in [1.54, 1.807) is 11.9 Å². The fraction of sp³-hybridized carbons (Fsp3) is 0.667. The van der Waals surface area contributed by atoms with Gasteiger partial charge in [0.15, 0.2) is 9.84 Å². The summed E-state index contributed by atoms with van der Waals surface area (Å²) in [6, 6.07) is 4.06. The summed E-state index contributed by atoms with van der Waals surface area (Å²) >= 11 is 0. The summed E-state index contributed by atoms with van der Waals surface area (Å²) in [5.74, 6) is -0.264. The van der Waals surface area contributed by atoms with Crippen LogP contribution in [-0.2, 0) is 20.8 Å². The van der Waals surface area contributed by atoms with Crippen molar-refractivity contribution in [1.82, 2.24) is 10.2 Å². The van der Waals surface area contributed by atoms with Crippen molar-refractivity contribution < 1.29 is 26.4 Å². The lowest BCUT2D eigenvalue weighted by Crippen LogP contribution is -2.48. The quantitative estimate of drug-likeness (QED) is 0.717. The number of likely N-dealkylation sites (N-methyl/N-ethyl adjacent to an activating group) is 1. The van der Waals surface area contributed by atoms with Gasteiger partial charge in [0.05, 0.1) is 22.8 Å². The summed E-state index contributed by atoms with van der Waals surface area (Å²) in [5.41, 5.74) is -1.21. The van der Waals surface area contributed by atoms with Gasteiger partial charge in [0.1, 0.15) is 0 Å². The molecule has 0 aliphatic heterocycles. The molecule has 1 aromatic rings. The fourth-order valence-corrected chi connectivity index (χ4v) is 5.27. The first-order valence-electron chi connectivity index (χ1n) is 10.1. The van der Waals surface area contributed by atoms with Crippen LogP contribution in [0.4, 0.5) is 13.2 Å². The standard InChI is InChI=1S/C21H31F3N2O3S/c1-20(2,3)26(4)19(27)13-25-17-10-8-15(9-11-17)14-30(28,29)18-7-5-6-16(12-18)21(22,23)24/h5-7,12,15,17,25H,8-11,13-14H2,1-4H3/t15-,17+. The highest BCUT2D eigenvalue weighted by atomic mass is 32.2. The highest BCUT2D eigenvalue weighted by Gasteiger charge is 2.33. The van der Waals surface area contributed by atoms with Gasteiger partial charge in [-0.05, 0) is 70.6 Å². The van der Waals surface area contributed by atoms with Crippen LogP contribution in [0.1, 0.15) is 52.0 Å². The Morgan fingerprint density at radius 2 is 1.73 bits per heavy atom. The molecule has 0 spiro atoms. The second kappa shape index (κ2) is 9.26. The predicted molar refractivity (Wildman–Crippen MR) is 110 cm³/mol. The van der Waals surface area contributed by atoms with E-state index in [1.165, 1.54) is 6.07 Å². The van der Waals surface area contributed by atoms with E-state index >= 15 is 0 Å². The van der Waals surface area contributed by atoms with Gasteiger partial charge in [0.2, 0.25) is 5.91 Å². The van der Waals surface area contributed by atoms with Gasteiger partial charge in [-0.15, -0.1) is 0 Å². The molecule has 2 rings (SSSR count). The molecule has 30 heavy (non-hydrogen) atoms. The zero-order valence-electron chi connectivity index (χ0n) is 17.9. The summed E-state index contributed by atoms with van der Waals surface area (Å²) < 4.78 is 63.8. The van der Waals surface area contributed by atoms with Crippen LogP contribution in [-0.4, -0.2) is 50.2 Å². The number of carbonyl (C=O) groups is 1. The molecule has 0 atom stereocenters. The van der Waals surface area contributed by atoms with E-state index in [4.69, 9.17) is 0 Å². The molecule has 0 bridgehead atoms. The van der Waals surface area contributed by atoms with Crippen LogP contribution in [0.15, 0.2) is 29.2 Å². The number of nitrogens with one attached hydrogen (secondary N) is 1. The Hall–Kier alpha value is -1.61. The molecule has 1 aliphatic carbocycles. The maximum absolute atomic E-state index is 12.9. The second-order valence-corrected chi connectivity index (χ2v) is 11.1. The first kappa shape index (κ1) is 24.7. The lowest BCUT2D eigenvalue weighted by Gasteiger charge is -2.33. The lowest BCUT2D eigenvalue weighted by atomic mass is 9.87. The van der Waals surface area contributed by atoms with Crippen LogP contribution >= 0.6 is 0 Å². The third-order valence-electron chi connectivity index (χ3n) is 5.74. The van der Waals surface area contributed by atoms with Crippen molar-refractivity contribution in [3.8, 4) is 0 Å². The van der Waals surface area contributed by atoms with Crippen molar-refractivity contribution in [2.75, 3.05) is 19.3 Å². The number of alkyl halides is 3. The Morgan fingerprint density at radius 1 is 1.13 bits per heavy atom. The third kappa shape index (κ3) is 6.70. The van der Waals surface area contributed by atoms with E-state index in [0.717, 1.165) is 25.0 Å². The molecule has 0 aromatic heterocycles. The van der Waals surface area contributed by atoms with Crippen molar-refractivity contribution in [2.45, 2.75) is 69.1 Å². The first-order valence-corrected chi connectivity index (χ1v) is 11.8. The molecule has 5 nitrogen and oxygen atoms in total. The van der Waals surface area contributed by atoms with Crippen LogP contribution in [0, 0.1) is 5.92 Å². The number of carbonyl (C=O) groups excluding carboxylic acids is 1. The summed E-state index contributed by atoms with van der Waals surface area (Å²) in [6.45, 7) is 6.11. The second-order valence-electron chi connectivity index (χ2n) is 9.03. The van der Waals surface area contributed by atoms with Crippen molar-refractivity contribution in [1.29, 1.82) is 0 Å². The first-order chi connectivity index (χ1) is 13.7. The van der Waals surface area contributed by atoms with Crippen LogP contribution in [0.25, 0.3) is 0 Å². The van der Waals surface area contributed by atoms with Gasteiger partial charge < -0.3 is 10.2 Å². The minimum Gasteiger partial charge on any atom is -0.340 e. The largest absolute Gasteiger partial charge is 0.416 e. The number of rotatable bonds is 6. The summed E-state index contributed by atoms with van der Waals surface area (Å²) in [7, 11) is -2.03. The van der Waals surface area contributed by atoms with Crippen LogP contribution in [0.3, 0.4) is 0 Å². The maximum atomic E-state index is 12.9. The number of sulfone groups is 1. The molecular weight excluding hydrogens is 417 g/mol. The molecule has 1 amide bonds. The molecule has 1 aliphatic rings. The Balaban J connectivity index is 1.88. The molecular formula is C21H31F3N2O3S. The van der Waals surface area contributed by atoms with Gasteiger partial charge in [-0.25, -0.2) is 8.42 Å². The zero-order chi connectivity index (χ0) is 22.7. The molecule has 0 saturated heterocycles. The predicted octanol–water partition coefficient (Wildman–Crippen LogP) is 3.88. The van der Waals surface area contributed by atoms with Crippen LogP contribution in [0.5, 0.6) is 0 Å². The van der Waals surface area contributed by atoms with Crippen molar-refractivity contribution >= 4 is 15.7 Å². The van der Waals surface area contributed by atoms with Crippen molar-refractivity contribution in [2.24, 2.45) is 5.92 Å². The van der Waals surface area contributed by atoms with Gasteiger partial charge >= 0.3 is 6.18 Å². The molecule has 0 radical (unpaired) electrons. The zero-order valence-corrected chi connectivity index (χ0v) is 18.7. The number of benzene rings is 1. The summed E-state index contributed by atoms with van der Waals surface area (Å²) in [5, 5.41) is 3.25. The van der Waals surface area contributed by atoms with Gasteiger partial charge in [-0.1, -0.05) is 6.07 Å². The average Bonchev–Trinajstić information content (AvgIpc) is 2.65. The highest BCUT2D eigenvalue weighted by molar-refractivity contribution is 7.91. The molecule has 0 unspecified atom stereocenters. The minimum atomic E-state index is -4.58. The lowest BCUT2D eigenvalue weighted by molar-refractivity contribution is -0.137. The van der Waals surface area contributed by atoms with Gasteiger partial charge in [-0.3, -0.25) is 4.79 Å². The minimum absolute atomic E-state index is 0.00301. The van der Waals surface area contributed by atoms with Gasteiger partial charge in [-0.2, -0.15) is 13.2 Å². The van der Waals surface area contributed by atoms with Gasteiger partial charge in [0.25, 0.3) is 0 Å². The maximum Gasteiger partial charge on any atom is 0.416 e. The number of hydrogen-bond donors (Lipinski definition) is 1. The summed E-state index contributed by atoms with van der Waals surface area (Å²) in [6.07, 6.45) is -1.81. The van der Waals surface area contributed by atoms with E-state index in [-0.39, 0.29) is 40.6 Å². The topological polar surface area (TPSA) is 66.5 Å². The van der Waals surface area contributed by atoms with Gasteiger partial charge in [0, 0.05) is 18.6 Å². The SMILES string of the molecule is CN(C(=O)CN[C@H]1CC[C@@H](CS(=O)(=O)c2cccc(C(F)(F)F)c2)CC1)C(C)(C)C. The monoisotopic (exact) mass is 448 g/mol. The molecule has 1 N–H and O–H groups in total. The molecule has 1 saturated carbocycles. The molecule has 170 valence electrons. The Kier molecular flexibility index (Phi) is 7.61. The highest BCUT2D eigenvalue weighted by Crippen LogP contribution is 2.32. The van der Waals surface area contributed by atoms with E-state index in [0.29, 0.717) is 18.9 Å². The molecule has 1 fully saturated rings. The van der Waals surface area contributed by atoms with E-state index in [1.807, 2.05) is 20.8 Å². The average molecular weight is 449 g/mol. The molecule has 1 aromatic carbocycles. The number of amides is 1. The van der Waals surface area contributed by atoms with Crippen molar-refractivity contribution in [3.05, 3.63) is 29.8 Å². The number of hydrogen-bond acceptors (Lipinski definition) is 4. The van der Waals surface area contributed by atoms with Crippen LogP contribution < -0.4 is 5.32 Å². The summed E-state index contributed by atoms with van der Waals surface area (Å²) in [4.78, 5) is 13.6. The number of halogens is 3. The Morgan fingerprint density at radius 3 is 2.27 bits per heavy atom. The Labute approximate surface area is 176 Å². The molecule has 0 heterocycles. The smallest absolute Gasteiger partial charge is 0.340 e. The third-order valence-corrected chi connectivity index (χ3v) is 7.63. The van der Waals surface area contributed by atoms with E-state index in [2.05, 4.69) is 5.32 Å². The Bertz CT molecular complexity index is 840. The van der Waals surface area contributed by atoms with E-state index in [9.17, 15) is 26.4 Å². The van der Waals surface area contributed by atoms with Crippen LogP contribution in [0.2, 0.25) is 0 Å². The normalized spacial score (nSPS) is 20.8. The van der Waals surface area contributed by atoms with Crippen molar-refractivity contribution in [3.63, 3.8) is 0 Å². The van der Waals surface area contributed by atoms with E-state index < -0.39 is 21.6 Å². The fourth-order valence-electron chi connectivity index (χ4n) is 3.53. The molecule has 9 heteroatoms. The number of nitrogens with zero attached hydrogens (tertiary/aromatic N) is 1.